The summed E-state index contributed by atoms with van der Waals surface area (Å²) in [6.45, 7) is 0.228. The fourth-order valence-electron chi connectivity index (χ4n) is 2.36. The number of nitrogens with one attached hydrogen (secondary N) is 2. The fraction of sp³-hybridized carbons (Fsp3) is 0.667. The van der Waals surface area contributed by atoms with Crippen molar-refractivity contribution >= 4 is 27.3 Å². The first-order valence-corrected chi connectivity index (χ1v) is 9.56. The van der Waals surface area contributed by atoms with Crippen LogP contribution in [-0.4, -0.2) is 76.3 Å². The Bertz CT molecular complexity index is 701. The minimum atomic E-state index is -4.60. The minimum absolute atomic E-state index is 0.153. The molecule has 0 aliphatic carbocycles. The van der Waals surface area contributed by atoms with Gasteiger partial charge in [0.25, 0.3) is 10.0 Å². The molecule has 13 heteroatoms. The minimum Gasteiger partial charge on any atom is -0.464 e. The van der Waals surface area contributed by atoms with Crippen molar-refractivity contribution in [1.29, 1.82) is 0 Å². The van der Waals surface area contributed by atoms with Crippen molar-refractivity contribution in [3.63, 3.8) is 0 Å². The van der Waals surface area contributed by atoms with E-state index in [4.69, 9.17) is 0 Å². The average Bonchev–Trinajstić information content (AvgIpc) is 3.04. The van der Waals surface area contributed by atoms with Crippen LogP contribution in [0.1, 0.15) is 10.5 Å². The van der Waals surface area contributed by atoms with Crippen LogP contribution in [0, 0.1) is 0 Å². The molecule has 0 amide bonds. The molecule has 0 radical (unpaired) electrons. The van der Waals surface area contributed by atoms with Crippen molar-refractivity contribution in [2.75, 3.05) is 39.8 Å². The number of esters is 1. The molecular formula is C12H17F3N4O4S2. The van der Waals surface area contributed by atoms with E-state index in [2.05, 4.69) is 15.0 Å². The number of sulfonamides is 1. The summed E-state index contributed by atoms with van der Waals surface area (Å²) in [6, 6.07) is -1.96. The van der Waals surface area contributed by atoms with Crippen molar-refractivity contribution in [3.05, 3.63) is 11.2 Å². The monoisotopic (exact) mass is 402 g/mol. The first-order valence-electron chi connectivity index (χ1n) is 7.19. The first-order chi connectivity index (χ1) is 11.7. The van der Waals surface area contributed by atoms with Crippen LogP contribution in [0.2, 0.25) is 0 Å². The maximum absolute atomic E-state index is 13.3. The molecule has 2 N–H and O–H groups in total. The number of alkyl halides is 3. The first kappa shape index (κ1) is 20.0. The summed E-state index contributed by atoms with van der Waals surface area (Å²) in [5.74, 6) is -0.976. The zero-order valence-electron chi connectivity index (χ0n) is 13.2. The molecule has 1 atom stereocenters. The Morgan fingerprint density at radius 2 is 2.12 bits per heavy atom. The molecule has 1 aliphatic rings. The summed E-state index contributed by atoms with van der Waals surface area (Å²) in [5, 5.41) is 2.94. The smallest absolute Gasteiger partial charge is 0.405 e. The number of thiazole rings is 1. The number of methoxy groups -OCH3 is 1. The van der Waals surface area contributed by atoms with E-state index in [1.165, 1.54) is 4.90 Å². The highest BCUT2D eigenvalue weighted by Crippen LogP contribution is 2.26. The maximum Gasteiger partial charge on any atom is 0.405 e. The third-order valence-electron chi connectivity index (χ3n) is 3.59. The van der Waals surface area contributed by atoms with Crippen LogP contribution >= 0.6 is 11.3 Å². The van der Waals surface area contributed by atoms with Crippen molar-refractivity contribution in [2.45, 2.75) is 16.4 Å². The summed E-state index contributed by atoms with van der Waals surface area (Å²) in [6.07, 6.45) is -4.60. The van der Waals surface area contributed by atoms with Crippen LogP contribution in [-0.2, 0) is 14.8 Å². The molecule has 142 valence electrons. The third kappa shape index (κ3) is 4.88. The molecule has 8 nitrogen and oxygen atoms in total. The summed E-state index contributed by atoms with van der Waals surface area (Å²) < 4.78 is 70.4. The molecule has 0 spiro atoms. The van der Waals surface area contributed by atoms with E-state index in [0.29, 0.717) is 24.4 Å². The summed E-state index contributed by atoms with van der Waals surface area (Å²) in [5.41, 5.74) is 0.656. The molecule has 1 aliphatic heterocycles. The van der Waals surface area contributed by atoms with E-state index in [9.17, 15) is 26.4 Å². The number of carbonyl (C=O) groups excluding carboxylic acids is 1. The predicted octanol–water partition coefficient (Wildman–Crippen LogP) is 0.0441. The van der Waals surface area contributed by atoms with Crippen LogP contribution in [0.4, 0.5) is 13.2 Å². The van der Waals surface area contributed by atoms with Crippen molar-refractivity contribution < 1.29 is 31.1 Å². The number of carbonyl (C=O) groups is 1. The molecule has 0 saturated carbocycles. The molecule has 1 aromatic rings. The quantitative estimate of drug-likeness (QED) is 0.648. The van der Waals surface area contributed by atoms with Crippen molar-refractivity contribution in [2.24, 2.45) is 0 Å². The lowest BCUT2D eigenvalue weighted by molar-refractivity contribution is -0.182. The molecule has 1 aromatic heterocycles. The van der Waals surface area contributed by atoms with Gasteiger partial charge in [-0.25, -0.2) is 22.9 Å². The fourth-order valence-corrected chi connectivity index (χ4v) is 4.57. The third-order valence-corrected chi connectivity index (χ3v) is 6.39. The van der Waals surface area contributed by atoms with E-state index in [1.54, 1.807) is 0 Å². The molecule has 0 unspecified atom stereocenters. The second-order valence-corrected chi connectivity index (χ2v) is 7.99. The van der Waals surface area contributed by atoms with Crippen LogP contribution < -0.4 is 10.0 Å². The molecule has 2 rings (SSSR count). The van der Waals surface area contributed by atoms with E-state index in [-0.39, 0.29) is 13.1 Å². The zero-order valence-corrected chi connectivity index (χ0v) is 14.8. The zero-order chi connectivity index (χ0) is 18.7. The Kier molecular flexibility index (Phi) is 6.37. The molecule has 0 bridgehead atoms. The Hall–Kier alpha value is -1.28. The Morgan fingerprint density at radius 1 is 1.48 bits per heavy atom. The SMILES string of the molecule is COC(=O)c1ncsc1S(=O)(=O)NC[C@@H](N1CCNCC1)C(F)(F)F. The molecule has 0 aromatic carbocycles. The van der Waals surface area contributed by atoms with Gasteiger partial charge in [0.05, 0.1) is 12.6 Å². The summed E-state index contributed by atoms with van der Waals surface area (Å²) in [4.78, 5) is 16.3. The second-order valence-electron chi connectivity index (χ2n) is 5.18. The molecule has 2 heterocycles. The van der Waals surface area contributed by atoms with Gasteiger partial charge in [0.2, 0.25) is 0 Å². The highest BCUT2D eigenvalue weighted by molar-refractivity contribution is 7.91. The van der Waals surface area contributed by atoms with E-state index < -0.39 is 44.7 Å². The van der Waals surface area contributed by atoms with E-state index in [0.717, 1.165) is 12.6 Å². The van der Waals surface area contributed by atoms with Gasteiger partial charge in [0.1, 0.15) is 6.04 Å². The number of ether oxygens (including phenoxy) is 1. The van der Waals surface area contributed by atoms with Gasteiger partial charge in [-0.2, -0.15) is 13.2 Å². The van der Waals surface area contributed by atoms with Crippen LogP contribution in [0.5, 0.6) is 0 Å². The highest BCUT2D eigenvalue weighted by Gasteiger charge is 2.44. The molecular weight excluding hydrogens is 385 g/mol. The number of aromatic nitrogens is 1. The Morgan fingerprint density at radius 3 is 2.68 bits per heavy atom. The van der Waals surface area contributed by atoms with Gasteiger partial charge in [-0.15, -0.1) is 11.3 Å². The molecule has 1 saturated heterocycles. The second kappa shape index (κ2) is 7.95. The molecule has 1 fully saturated rings. The summed E-state index contributed by atoms with van der Waals surface area (Å²) in [7, 11) is -3.28. The number of halogens is 3. The van der Waals surface area contributed by atoms with E-state index in [1.807, 2.05) is 4.72 Å². The van der Waals surface area contributed by atoms with Crippen molar-refractivity contribution in [3.8, 4) is 0 Å². The lowest BCUT2D eigenvalue weighted by Gasteiger charge is -2.35. The standard InChI is InChI=1S/C12H17F3N4O4S2/c1-23-10(20)9-11(24-7-17-9)25(21,22)18-6-8(12(13,14)15)19-4-2-16-3-5-19/h7-8,16,18H,2-6H2,1H3/t8-/m1/s1. The van der Waals surface area contributed by atoms with Gasteiger partial charge < -0.3 is 10.1 Å². The molecule has 25 heavy (non-hydrogen) atoms. The number of piperazine rings is 1. The predicted molar refractivity (Wildman–Crippen MR) is 82.9 cm³/mol. The average molecular weight is 402 g/mol. The Labute approximate surface area is 146 Å². The highest BCUT2D eigenvalue weighted by atomic mass is 32.2. The van der Waals surface area contributed by atoms with Gasteiger partial charge in [-0.3, -0.25) is 4.90 Å². The topological polar surface area (TPSA) is 101 Å². The van der Waals surface area contributed by atoms with Crippen LogP contribution in [0.3, 0.4) is 0 Å². The van der Waals surface area contributed by atoms with Gasteiger partial charge >= 0.3 is 12.1 Å². The van der Waals surface area contributed by atoms with E-state index >= 15 is 0 Å². The maximum atomic E-state index is 13.3. The number of hydrogen-bond acceptors (Lipinski definition) is 8. The van der Waals surface area contributed by atoms with Gasteiger partial charge in [0.15, 0.2) is 9.90 Å². The lowest BCUT2D eigenvalue weighted by Crippen LogP contribution is -2.57. The number of hydrogen-bond donors (Lipinski definition) is 2. The number of nitrogens with zero attached hydrogens (tertiary/aromatic N) is 2. The largest absolute Gasteiger partial charge is 0.464 e. The van der Waals surface area contributed by atoms with Gasteiger partial charge in [-0.05, 0) is 0 Å². The normalized spacial score (nSPS) is 18.1. The van der Waals surface area contributed by atoms with Gasteiger partial charge in [0, 0.05) is 32.7 Å². The van der Waals surface area contributed by atoms with Crippen molar-refractivity contribution in [1.82, 2.24) is 19.9 Å². The Balaban J connectivity index is 2.16. The number of rotatable bonds is 6. The van der Waals surface area contributed by atoms with Crippen LogP contribution in [0.25, 0.3) is 0 Å². The summed E-state index contributed by atoms with van der Waals surface area (Å²) >= 11 is 0.628. The van der Waals surface area contributed by atoms with Crippen LogP contribution in [0.15, 0.2) is 9.72 Å². The van der Waals surface area contributed by atoms with Gasteiger partial charge in [-0.1, -0.05) is 0 Å². The lowest BCUT2D eigenvalue weighted by atomic mass is 10.2.